The molecule has 3 N–H and O–H groups in total. The topological polar surface area (TPSA) is 55.5 Å². The van der Waals surface area contributed by atoms with Gasteiger partial charge in [0, 0.05) is 0 Å². The molecule has 0 saturated heterocycles. The summed E-state index contributed by atoms with van der Waals surface area (Å²) in [4.78, 5) is 0. The van der Waals surface area contributed by atoms with Gasteiger partial charge in [-0.25, -0.2) is 0 Å². The summed E-state index contributed by atoms with van der Waals surface area (Å²) < 4.78 is 5.64. The third-order valence-electron chi connectivity index (χ3n) is 2.27. The van der Waals surface area contributed by atoms with Crippen molar-refractivity contribution in [1.82, 2.24) is 0 Å². The van der Waals surface area contributed by atoms with E-state index in [1.165, 1.54) is 0 Å². The molecule has 86 valence electrons. The molecule has 0 radical (unpaired) electrons. The third kappa shape index (κ3) is 6.35. The first-order valence-corrected chi connectivity index (χ1v) is 5.65. The van der Waals surface area contributed by atoms with Crippen molar-refractivity contribution >= 4 is 0 Å². The minimum atomic E-state index is -0.474. The van der Waals surface area contributed by atoms with Gasteiger partial charge in [0.25, 0.3) is 0 Å². The van der Waals surface area contributed by atoms with Crippen LogP contribution in [0.15, 0.2) is 0 Å². The lowest BCUT2D eigenvalue weighted by Gasteiger charge is -2.29. The maximum Gasteiger partial charge on any atom is 0.116 e. The molecule has 0 aromatic heterocycles. The average molecular weight is 203 g/mol. The molecule has 0 fully saturated rings. The predicted molar refractivity (Wildman–Crippen MR) is 59.0 cm³/mol. The Hall–Kier alpha value is -0.120. The lowest BCUT2D eigenvalue weighted by atomic mass is 10.0. The lowest BCUT2D eigenvalue weighted by Crippen LogP contribution is -2.43. The van der Waals surface area contributed by atoms with Crippen LogP contribution in [0.5, 0.6) is 0 Å². The van der Waals surface area contributed by atoms with E-state index < -0.39 is 5.72 Å². The summed E-state index contributed by atoms with van der Waals surface area (Å²) in [6, 6.07) is 0. The van der Waals surface area contributed by atoms with E-state index in [0.717, 1.165) is 25.7 Å². The van der Waals surface area contributed by atoms with Crippen molar-refractivity contribution in [2.75, 3.05) is 6.61 Å². The molecule has 1 unspecified atom stereocenters. The number of hydrogen-bond acceptors (Lipinski definition) is 3. The zero-order valence-corrected chi connectivity index (χ0v) is 9.75. The van der Waals surface area contributed by atoms with Gasteiger partial charge in [0.2, 0.25) is 0 Å². The molecule has 3 heteroatoms. The highest BCUT2D eigenvalue weighted by atomic mass is 16.5. The van der Waals surface area contributed by atoms with Crippen molar-refractivity contribution in [3.63, 3.8) is 0 Å². The van der Waals surface area contributed by atoms with E-state index in [9.17, 15) is 0 Å². The van der Waals surface area contributed by atoms with Crippen molar-refractivity contribution in [3.8, 4) is 0 Å². The zero-order valence-electron chi connectivity index (χ0n) is 9.75. The SMILES string of the molecule is CCCC(N)(CCC)OCCC(C)O. The second kappa shape index (κ2) is 7.21. The number of ether oxygens (including phenoxy) is 1. The minimum Gasteiger partial charge on any atom is -0.393 e. The van der Waals surface area contributed by atoms with E-state index in [-0.39, 0.29) is 6.10 Å². The predicted octanol–water partition coefficient (Wildman–Crippen LogP) is 2.03. The van der Waals surface area contributed by atoms with Crippen molar-refractivity contribution in [2.45, 2.75) is 64.7 Å². The first-order chi connectivity index (χ1) is 6.54. The summed E-state index contributed by atoms with van der Waals surface area (Å²) in [5.41, 5.74) is 5.63. The van der Waals surface area contributed by atoms with Crippen LogP contribution in [0.3, 0.4) is 0 Å². The number of nitrogens with two attached hydrogens (primary N) is 1. The van der Waals surface area contributed by atoms with Crippen LogP contribution in [0.25, 0.3) is 0 Å². The summed E-state index contributed by atoms with van der Waals surface area (Å²) in [5.74, 6) is 0. The number of rotatable bonds is 8. The lowest BCUT2D eigenvalue weighted by molar-refractivity contribution is -0.0627. The fourth-order valence-electron chi connectivity index (χ4n) is 1.55. The molecule has 0 aromatic carbocycles. The zero-order chi connectivity index (χ0) is 11.0. The quantitative estimate of drug-likeness (QED) is 0.593. The second-order valence-corrected chi connectivity index (χ2v) is 4.05. The minimum absolute atomic E-state index is 0.303. The molecule has 0 saturated carbocycles. The maximum absolute atomic E-state index is 9.09. The Kier molecular flexibility index (Phi) is 7.15. The molecule has 1 atom stereocenters. The summed E-state index contributed by atoms with van der Waals surface area (Å²) in [7, 11) is 0. The molecule has 0 heterocycles. The van der Waals surface area contributed by atoms with Crippen LogP contribution in [0.4, 0.5) is 0 Å². The van der Waals surface area contributed by atoms with E-state index in [4.69, 9.17) is 15.6 Å². The summed E-state index contributed by atoms with van der Waals surface area (Å²) in [6.07, 6.45) is 4.20. The second-order valence-electron chi connectivity index (χ2n) is 4.05. The maximum atomic E-state index is 9.09. The van der Waals surface area contributed by atoms with Gasteiger partial charge in [-0.05, 0) is 26.2 Å². The molecule has 0 aliphatic rings. The molecule has 0 aliphatic carbocycles. The molecule has 0 aliphatic heterocycles. The van der Waals surface area contributed by atoms with Crippen molar-refractivity contribution in [3.05, 3.63) is 0 Å². The van der Waals surface area contributed by atoms with Gasteiger partial charge in [-0.3, -0.25) is 0 Å². The normalized spacial score (nSPS) is 14.4. The Bertz CT molecular complexity index is 131. The molecule has 0 spiro atoms. The number of aliphatic hydroxyl groups is 1. The van der Waals surface area contributed by atoms with Crippen LogP contribution >= 0.6 is 0 Å². The molecular formula is C11H25NO2. The molecule has 14 heavy (non-hydrogen) atoms. The summed E-state index contributed by atoms with van der Waals surface area (Å²) in [6.45, 7) is 6.53. The standard InChI is InChI=1S/C11H25NO2/c1-4-7-11(12,8-5-2)14-9-6-10(3)13/h10,13H,4-9,12H2,1-3H3. The highest BCUT2D eigenvalue weighted by Crippen LogP contribution is 2.18. The smallest absolute Gasteiger partial charge is 0.116 e. The monoisotopic (exact) mass is 203 g/mol. The van der Waals surface area contributed by atoms with Crippen LogP contribution in [0.2, 0.25) is 0 Å². The van der Waals surface area contributed by atoms with Gasteiger partial charge in [-0.15, -0.1) is 0 Å². The van der Waals surface area contributed by atoms with Crippen LogP contribution in [-0.2, 0) is 4.74 Å². The van der Waals surface area contributed by atoms with Crippen molar-refractivity contribution < 1.29 is 9.84 Å². The van der Waals surface area contributed by atoms with E-state index >= 15 is 0 Å². The Labute approximate surface area is 87.6 Å². The Balaban J connectivity index is 3.83. The first kappa shape index (κ1) is 13.9. The molecule has 0 amide bonds. The molecule has 0 rings (SSSR count). The molecule has 0 aromatic rings. The van der Waals surface area contributed by atoms with E-state index in [2.05, 4.69) is 13.8 Å². The van der Waals surface area contributed by atoms with Gasteiger partial charge < -0.3 is 15.6 Å². The van der Waals surface area contributed by atoms with Gasteiger partial charge in [0.1, 0.15) is 5.72 Å². The third-order valence-corrected chi connectivity index (χ3v) is 2.27. The van der Waals surface area contributed by atoms with Gasteiger partial charge in [-0.2, -0.15) is 0 Å². The van der Waals surface area contributed by atoms with Gasteiger partial charge in [-0.1, -0.05) is 26.7 Å². The highest BCUT2D eigenvalue weighted by Gasteiger charge is 2.23. The van der Waals surface area contributed by atoms with Crippen molar-refractivity contribution in [2.24, 2.45) is 5.73 Å². The van der Waals surface area contributed by atoms with E-state index in [1.807, 2.05) is 0 Å². The Morgan fingerprint density at radius 1 is 1.29 bits per heavy atom. The van der Waals surface area contributed by atoms with Crippen molar-refractivity contribution in [1.29, 1.82) is 0 Å². The fraction of sp³-hybridized carbons (Fsp3) is 1.00. The average Bonchev–Trinajstić information content (AvgIpc) is 2.03. The Morgan fingerprint density at radius 2 is 1.79 bits per heavy atom. The van der Waals surface area contributed by atoms with E-state index in [1.54, 1.807) is 6.92 Å². The van der Waals surface area contributed by atoms with Gasteiger partial charge >= 0.3 is 0 Å². The van der Waals surface area contributed by atoms with Crippen LogP contribution in [0, 0.1) is 0 Å². The fourth-order valence-corrected chi connectivity index (χ4v) is 1.55. The first-order valence-electron chi connectivity index (χ1n) is 5.65. The summed E-state index contributed by atoms with van der Waals surface area (Å²) in [5, 5.41) is 9.09. The summed E-state index contributed by atoms with van der Waals surface area (Å²) >= 11 is 0. The van der Waals surface area contributed by atoms with Gasteiger partial charge in [0.15, 0.2) is 0 Å². The molecule has 0 bridgehead atoms. The number of aliphatic hydroxyl groups excluding tert-OH is 1. The van der Waals surface area contributed by atoms with E-state index in [0.29, 0.717) is 13.0 Å². The Morgan fingerprint density at radius 3 is 2.14 bits per heavy atom. The highest BCUT2D eigenvalue weighted by molar-refractivity contribution is 4.72. The van der Waals surface area contributed by atoms with Crippen LogP contribution in [0.1, 0.15) is 52.9 Å². The molecular weight excluding hydrogens is 178 g/mol. The van der Waals surface area contributed by atoms with Crippen LogP contribution in [-0.4, -0.2) is 23.5 Å². The molecule has 3 nitrogen and oxygen atoms in total. The van der Waals surface area contributed by atoms with Crippen LogP contribution < -0.4 is 5.73 Å². The van der Waals surface area contributed by atoms with Gasteiger partial charge in [0.05, 0.1) is 12.7 Å². The number of hydrogen-bond donors (Lipinski definition) is 2. The largest absolute Gasteiger partial charge is 0.393 e.